The number of ether oxygens (including phenoxy) is 1. The van der Waals surface area contributed by atoms with E-state index in [0.29, 0.717) is 5.56 Å². The van der Waals surface area contributed by atoms with Crippen LogP contribution in [0.3, 0.4) is 0 Å². The summed E-state index contributed by atoms with van der Waals surface area (Å²) in [6.07, 6.45) is 1.80. The number of aromatic nitrogens is 1. The average molecular weight is 284 g/mol. The Bertz CT molecular complexity index is 599. The van der Waals surface area contributed by atoms with E-state index in [1.54, 1.807) is 12.3 Å². The molecule has 2 aromatic rings. The molecule has 0 saturated heterocycles. The van der Waals surface area contributed by atoms with Gasteiger partial charge in [0.15, 0.2) is 0 Å². The van der Waals surface area contributed by atoms with Crippen molar-refractivity contribution in [2.24, 2.45) is 0 Å². The lowest BCUT2D eigenvalue weighted by Crippen LogP contribution is -2.22. The second-order valence-electron chi connectivity index (χ2n) is 5.04. The molecule has 1 aromatic heterocycles. The first-order valence-corrected chi connectivity index (χ1v) is 6.90. The molecule has 0 N–H and O–H groups in total. The van der Waals surface area contributed by atoms with Gasteiger partial charge in [-0.1, -0.05) is 18.2 Å². The SMILES string of the molecule is COC(=O)c1cccc(CN(C)C(C)c2ccccn2)c1. The predicted molar refractivity (Wildman–Crippen MR) is 81.9 cm³/mol. The molecule has 110 valence electrons. The van der Waals surface area contributed by atoms with Crippen LogP contribution < -0.4 is 0 Å². The Morgan fingerprint density at radius 2 is 2.10 bits per heavy atom. The normalized spacial score (nSPS) is 12.2. The molecule has 1 atom stereocenters. The molecule has 0 aliphatic heterocycles. The molecular weight excluding hydrogens is 264 g/mol. The van der Waals surface area contributed by atoms with Crippen LogP contribution in [0.5, 0.6) is 0 Å². The van der Waals surface area contributed by atoms with Gasteiger partial charge in [0, 0.05) is 18.8 Å². The van der Waals surface area contributed by atoms with Crippen LogP contribution in [-0.2, 0) is 11.3 Å². The third kappa shape index (κ3) is 3.89. The molecular formula is C17H20N2O2. The first-order chi connectivity index (χ1) is 10.1. The van der Waals surface area contributed by atoms with Crippen LogP contribution in [0.4, 0.5) is 0 Å². The summed E-state index contributed by atoms with van der Waals surface area (Å²) in [5, 5.41) is 0. The van der Waals surface area contributed by atoms with Crippen LogP contribution in [-0.4, -0.2) is 30.0 Å². The first kappa shape index (κ1) is 15.2. The van der Waals surface area contributed by atoms with Gasteiger partial charge in [0.1, 0.15) is 0 Å². The van der Waals surface area contributed by atoms with Gasteiger partial charge in [-0.05, 0) is 43.8 Å². The second-order valence-corrected chi connectivity index (χ2v) is 5.04. The average Bonchev–Trinajstić information content (AvgIpc) is 2.54. The molecule has 21 heavy (non-hydrogen) atoms. The Labute approximate surface area is 125 Å². The number of nitrogens with zero attached hydrogens (tertiary/aromatic N) is 2. The van der Waals surface area contributed by atoms with Gasteiger partial charge in [0.05, 0.1) is 18.4 Å². The topological polar surface area (TPSA) is 42.4 Å². The molecule has 0 bridgehead atoms. The van der Waals surface area contributed by atoms with Crippen molar-refractivity contribution < 1.29 is 9.53 Å². The maximum Gasteiger partial charge on any atom is 0.337 e. The molecule has 1 unspecified atom stereocenters. The minimum absolute atomic E-state index is 0.202. The summed E-state index contributed by atoms with van der Waals surface area (Å²) in [7, 11) is 3.44. The van der Waals surface area contributed by atoms with Crippen LogP contribution in [0, 0.1) is 0 Å². The van der Waals surface area contributed by atoms with E-state index in [2.05, 4.69) is 16.8 Å². The lowest BCUT2D eigenvalue weighted by molar-refractivity contribution is 0.0600. The number of hydrogen-bond acceptors (Lipinski definition) is 4. The molecule has 0 amide bonds. The summed E-state index contributed by atoms with van der Waals surface area (Å²) in [4.78, 5) is 18.1. The van der Waals surface area contributed by atoms with Crippen molar-refractivity contribution in [3.63, 3.8) is 0 Å². The summed E-state index contributed by atoms with van der Waals surface area (Å²) >= 11 is 0. The summed E-state index contributed by atoms with van der Waals surface area (Å²) in [5.74, 6) is -0.308. The van der Waals surface area contributed by atoms with Crippen molar-refractivity contribution in [2.75, 3.05) is 14.2 Å². The van der Waals surface area contributed by atoms with Crippen LogP contribution >= 0.6 is 0 Å². The second kappa shape index (κ2) is 6.99. The summed E-state index contributed by atoms with van der Waals surface area (Å²) < 4.78 is 4.75. The molecule has 0 saturated carbocycles. The van der Waals surface area contributed by atoms with Crippen LogP contribution in [0.15, 0.2) is 48.7 Å². The highest BCUT2D eigenvalue weighted by atomic mass is 16.5. The largest absolute Gasteiger partial charge is 0.465 e. The number of methoxy groups -OCH3 is 1. The van der Waals surface area contributed by atoms with Crippen molar-refractivity contribution in [2.45, 2.75) is 19.5 Å². The quantitative estimate of drug-likeness (QED) is 0.791. The maximum absolute atomic E-state index is 11.6. The number of pyridine rings is 1. The van der Waals surface area contributed by atoms with E-state index in [4.69, 9.17) is 4.74 Å². The minimum atomic E-state index is -0.308. The van der Waals surface area contributed by atoms with Gasteiger partial charge in [-0.25, -0.2) is 4.79 Å². The fraction of sp³-hybridized carbons (Fsp3) is 0.294. The standard InChI is InChI=1S/C17H20N2O2/c1-13(16-9-4-5-10-18-16)19(2)12-14-7-6-8-15(11-14)17(20)21-3/h4-11,13H,12H2,1-3H3. The van der Waals surface area contributed by atoms with Gasteiger partial charge >= 0.3 is 5.97 Å². The van der Waals surface area contributed by atoms with Gasteiger partial charge in [0.2, 0.25) is 0 Å². The Kier molecular flexibility index (Phi) is 5.06. The zero-order chi connectivity index (χ0) is 15.2. The highest BCUT2D eigenvalue weighted by Gasteiger charge is 2.13. The molecule has 1 aromatic carbocycles. The van der Waals surface area contributed by atoms with Gasteiger partial charge in [0.25, 0.3) is 0 Å². The van der Waals surface area contributed by atoms with E-state index < -0.39 is 0 Å². The Morgan fingerprint density at radius 3 is 2.76 bits per heavy atom. The van der Waals surface area contributed by atoms with Crippen LogP contribution in [0.1, 0.15) is 34.6 Å². The van der Waals surface area contributed by atoms with Gasteiger partial charge in [-0.2, -0.15) is 0 Å². The van der Waals surface area contributed by atoms with E-state index in [0.717, 1.165) is 17.8 Å². The zero-order valence-corrected chi connectivity index (χ0v) is 12.6. The van der Waals surface area contributed by atoms with Gasteiger partial charge < -0.3 is 4.74 Å². The molecule has 1 heterocycles. The van der Waals surface area contributed by atoms with Gasteiger partial charge in [-0.3, -0.25) is 9.88 Å². The third-order valence-corrected chi connectivity index (χ3v) is 3.56. The van der Waals surface area contributed by atoms with Gasteiger partial charge in [-0.15, -0.1) is 0 Å². The van der Waals surface area contributed by atoms with E-state index in [1.807, 2.05) is 43.4 Å². The highest BCUT2D eigenvalue weighted by molar-refractivity contribution is 5.89. The summed E-state index contributed by atoms with van der Waals surface area (Å²) in [5.41, 5.74) is 2.68. The zero-order valence-electron chi connectivity index (χ0n) is 12.6. The van der Waals surface area contributed by atoms with Crippen LogP contribution in [0.25, 0.3) is 0 Å². The monoisotopic (exact) mass is 284 g/mol. The van der Waals surface area contributed by atoms with E-state index >= 15 is 0 Å². The van der Waals surface area contributed by atoms with Crippen molar-refractivity contribution >= 4 is 5.97 Å². The van der Waals surface area contributed by atoms with Crippen molar-refractivity contribution in [3.8, 4) is 0 Å². The molecule has 4 nitrogen and oxygen atoms in total. The molecule has 4 heteroatoms. The number of carbonyl (C=O) groups is 1. The van der Waals surface area contributed by atoms with E-state index in [9.17, 15) is 4.79 Å². The number of hydrogen-bond donors (Lipinski definition) is 0. The number of benzene rings is 1. The predicted octanol–water partition coefficient (Wildman–Crippen LogP) is 3.06. The lowest BCUT2D eigenvalue weighted by Gasteiger charge is -2.24. The van der Waals surface area contributed by atoms with Crippen molar-refractivity contribution in [1.82, 2.24) is 9.88 Å². The Balaban J connectivity index is 2.09. The molecule has 0 spiro atoms. The smallest absolute Gasteiger partial charge is 0.337 e. The fourth-order valence-electron chi connectivity index (χ4n) is 2.19. The maximum atomic E-state index is 11.6. The fourth-order valence-corrected chi connectivity index (χ4v) is 2.19. The van der Waals surface area contributed by atoms with Crippen LogP contribution in [0.2, 0.25) is 0 Å². The number of carbonyl (C=O) groups excluding carboxylic acids is 1. The Hall–Kier alpha value is -2.20. The number of esters is 1. The molecule has 0 aliphatic rings. The van der Waals surface area contributed by atoms with E-state index in [1.165, 1.54) is 7.11 Å². The molecule has 2 rings (SSSR count). The summed E-state index contributed by atoms with van der Waals surface area (Å²) in [6.45, 7) is 2.86. The third-order valence-electron chi connectivity index (χ3n) is 3.56. The lowest BCUT2D eigenvalue weighted by atomic mass is 10.1. The summed E-state index contributed by atoms with van der Waals surface area (Å²) in [6, 6.07) is 13.6. The van der Waals surface area contributed by atoms with Crippen molar-refractivity contribution in [3.05, 3.63) is 65.5 Å². The van der Waals surface area contributed by atoms with E-state index in [-0.39, 0.29) is 12.0 Å². The molecule has 0 radical (unpaired) electrons. The minimum Gasteiger partial charge on any atom is -0.465 e. The first-order valence-electron chi connectivity index (χ1n) is 6.90. The highest BCUT2D eigenvalue weighted by Crippen LogP contribution is 2.19. The molecule has 0 fully saturated rings. The Morgan fingerprint density at radius 1 is 1.29 bits per heavy atom. The molecule has 0 aliphatic carbocycles. The number of rotatable bonds is 5. The van der Waals surface area contributed by atoms with Crippen molar-refractivity contribution in [1.29, 1.82) is 0 Å².